The third-order valence-electron chi connectivity index (χ3n) is 4.35. The minimum atomic E-state index is -3.81. The maximum absolute atomic E-state index is 12.4. The van der Waals surface area contributed by atoms with Crippen molar-refractivity contribution in [1.29, 1.82) is 0 Å². The Hall–Kier alpha value is -2.46. The fraction of sp³-hybridized carbons (Fsp3) is 0.526. The molecule has 162 valence electrons. The normalized spacial score (nSPS) is 11.2. The van der Waals surface area contributed by atoms with E-state index in [-0.39, 0.29) is 23.6 Å². The van der Waals surface area contributed by atoms with Crippen molar-refractivity contribution in [2.45, 2.75) is 44.9 Å². The fourth-order valence-corrected chi connectivity index (χ4v) is 3.68. The molecular weight excluding hydrogens is 396 g/mol. The van der Waals surface area contributed by atoms with E-state index in [1.165, 1.54) is 19.2 Å². The summed E-state index contributed by atoms with van der Waals surface area (Å²) in [5.41, 5.74) is 5.34. The summed E-state index contributed by atoms with van der Waals surface area (Å²) in [6.45, 7) is 6.42. The van der Waals surface area contributed by atoms with Crippen LogP contribution in [0.4, 0.5) is 0 Å². The van der Waals surface area contributed by atoms with Gasteiger partial charge in [0.05, 0.1) is 11.4 Å². The van der Waals surface area contributed by atoms with Crippen LogP contribution >= 0.6 is 0 Å². The van der Waals surface area contributed by atoms with Crippen LogP contribution in [0.5, 0.6) is 0 Å². The van der Waals surface area contributed by atoms with Crippen LogP contribution in [-0.2, 0) is 24.4 Å². The number of nitrogens with one attached hydrogen (secondary N) is 2. The molecule has 1 aromatic rings. The molecule has 0 aromatic heterocycles. The summed E-state index contributed by atoms with van der Waals surface area (Å²) < 4.78 is 25.8. The number of hydrogen-bond acceptors (Lipinski definition) is 5. The van der Waals surface area contributed by atoms with E-state index in [2.05, 4.69) is 10.9 Å². The molecule has 1 rings (SSSR count). The SMILES string of the molecule is CCN(CC)C(=O)CCCC(=O)NNC(=O)CN(C)S(=O)(=O)c1ccc(C)cc1. The van der Waals surface area contributed by atoms with Crippen molar-refractivity contribution < 1.29 is 22.8 Å². The molecule has 9 nitrogen and oxygen atoms in total. The Morgan fingerprint density at radius 2 is 1.48 bits per heavy atom. The maximum Gasteiger partial charge on any atom is 0.253 e. The Morgan fingerprint density at radius 1 is 0.931 bits per heavy atom. The average Bonchev–Trinajstić information content (AvgIpc) is 2.67. The molecule has 2 N–H and O–H groups in total. The van der Waals surface area contributed by atoms with Gasteiger partial charge in [0.1, 0.15) is 0 Å². The number of rotatable bonds is 10. The zero-order valence-corrected chi connectivity index (χ0v) is 18.2. The van der Waals surface area contributed by atoms with Gasteiger partial charge in [-0.1, -0.05) is 17.7 Å². The predicted molar refractivity (Wildman–Crippen MR) is 109 cm³/mol. The molecule has 0 radical (unpaired) electrons. The molecule has 0 atom stereocenters. The summed E-state index contributed by atoms with van der Waals surface area (Å²) in [5, 5.41) is 0. The highest BCUT2D eigenvalue weighted by Crippen LogP contribution is 2.14. The molecule has 0 unspecified atom stereocenters. The van der Waals surface area contributed by atoms with Crippen LogP contribution < -0.4 is 10.9 Å². The first-order valence-corrected chi connectivity index (χ1v) is 10.9. The molecule has 0 fully saturated rings. The van der Waals surface area contributed by atoms with Crippen molar-refractivity contribution in [3.8, 4) is 0 Å². The van der Waals surface area contributed by atoms with Gasteiger partial charge in [-0.15, -0.1) is 0 Å². The van der Waals surface area contributed by atoms with Crippen LogP contribution in [0, 0.1) is 6.92 Å². The van der Waals surface area contributed by atoms with Gasteiger partial charge in [0.15, 0.2) is 0 Å². The quantitative estimate of drug-likeness (QED) is 0.537. The lowest BCUT2D eigenvalue weighted by Crippen LogP contribution is -2.46. The maximum atomic E-state index is 12.4. The lowest BCUT2D eigenvalue weighted by atomic mass is 10.2. The molecule has 0 aliphatic carbocycles. The monoisotopic (exact) mass is 426 g/mol. The second-order valence-corrected chi connectivity index (χ2v) is 8.63. The lowest BCUT2D eigenvalue weighted by molar-refractivity contribution is -0.131. The van der Waals surface area contributed by atoms with Gasteiger partial charge < -0.3 is 4.90 Å². The summed E-state index contributed by atoms with van der Waals surface area (Å²) in [5.74, 6) is -1.14. The third kappa shape index (κ3) is 7.82. The number of benzene rings is 1. The van der Waals surface area contributed by atoms with Crippen molar-refractivity contribution in [2.24, 2.45) is 0 Å². The van der Waals surface area contributed by atoms with E-state index in [1.54, 1.807) is 17.0 Å². The van der Waals surface area contributed by atoms with E-state index in [4.69, 9.17) is 0 Å². The highest BCUT2D eigenvalue weighted by atomic mass is 32.2. The molecule has 0 heterocycles. The molecule has 0 bridgehead atoms. The first kappa shape index (κ1) is 24.6. The van der Waals surface area contributed by atoms with E-state index >= 15 is 0 Å². The minimum absolute atomic E-state index is 0.0187. The number of nitrogens with zero attached hydrogens (tertiary/aromatic N) is 2. The van der Waals surface area contributed by atoms with E-state index in [0.29, 0.717) is 19.5 Å². The van der Waals surface area contributed by atoms with Crippen LogP contribution in [0.1, 0.15) is 38.7 Å². The summed E-state index contributed by atoms with van der Waals surface area (Å²) in [6.07, 6.45) is 0.685. The summed E-state index contributed by atoms with van der Waals surface area (Å²) in [7, 11) is -2.52. The largest absolute Gasteiger partial charge is 0.343 e. The van der Waals surface area contributed by atoms with Crippen molar-refractivity contribution in [3.05, 3.63) is 29.8 Å². The Labute approximate surface area is 172 Å². The van der Waals surface area contributed by atoms with Crippen molar-refractivity contribution in [2.75, 3.05) is 26.7 Å². The number of carbonyl (C=O) groups excluding carboxylic acids is 3. The molecule has 0 aliphatic heterocycles. The molecular formula is C19H30N4O5S. The second-order valence-electron chi connectivity index (χ2n) is 6.59. The van der Waals surface area contributed by atoms with Crippen molar-refractivity contribution >= 4 is 27.7 Å². The van der Waals surface area contributed by atoms with Gasteiger partial charge >= 0.3 is 0 Å². The fourth-order valence-electron chi connectivity index (χ4n) is 2.55. The molecule has 0 spiro atoms. The Bertz CT molecular complexity index is 804. The zero-order chi connectivity index (χ0) is 22.0. The van der Waals surface area contributed by atoms with Gasteiger partial charge in [-0.3, -0.25) is 25.2 Å². The van der Waals surface area contributed by atoms with E-state index in [0.717, 1.165) is 9.87 Å². The Kier molecular flexibility index (Phi) is 9.76. The summed E-state index contributed by atoms with van der Waals surface area (Å²) >= 11 is 0. The molecule has 29 heavy (non-hydrogen) atoms. The van der Waals surface area contributed by atoms with E-state index < -0.39 is 28.4 Å². The number of hydrazine groups is 1. The lowest BCUT2D eigenvalue weighted by Gasteiger charge is -2.18. The van der Waals surface area contributed by atoms with Gasteiger partial charge in [0, 0.05) is 33.0 Å². The van der Waals surface area contributed by atoms with Crippen LogP contribution in [0.25, 0.3) is 0 Å². The van der Waals surface area contributed by atoms with E-state index in [9.17, 15) is 22.8 Å². The number of amides is 3. The summed E-state index contributed by atoms with van der Waals surface area (Å²) in [4.78, 5) is 37.4. The smallest absolute Gasteiger partial charge is 0.253 e. The Morgan fingerprint density at radius 3 is 2.03 bits per heavy atom. The number of sulfonamides is 1. The van der Waals surface area contributed by atoms with E-state index in [1.807, 2.05) is 20.8 Å². The number of carbonyl (C=O) groups is 3. The average molecular weight is 427 g/mol. The zero-order valence-electron chi connectivity index (χ0n) is 17.4. The van der Waals surface area contributed by atoms with Gasteiger partial charge in [-0.2, -0.15) is 4.31 Å². The Balaban J connectivity index is 2.41. The van der Waals surface area contributed by atoms with Crippen molar-refractivity contribution in [3.63, 3.8) is 0 Å². The summed E-state index contributed by atoms with van der Waals surface area (Å²) in [6, 6.07) is 6.29. The first-order chi connectivity index (χ1) is 13.6. The molecule has 3 amide bonds. The number of likely N-dealkylation sites (N-methyl/N-ethyl adjacent to an activating group) is 1. The molecule has 0 saturated heterocycles. The predicted octanol–water partition coefficient (Wildman–Crippen LogP) is 0.802. The second kappa shape index (κ2) is 11.5. The standard InChI is InChI=1S/C19H30N4O5S/c1-5-23(6-2)19(26)9-7-8-17(24)20-21-18(25)14-22(4)29(27,28)16-12-10-15(3)11-13-16/h10-13H,5-9,14H2,1-4H3,(H,20,24)(H,21,25). The molecule has 0 saturated carbocycles. The van der Waals surface area contributed by atoms with Gasteiger partial charge in [0.2, 0.25) is 21.8 Å². The molecule has 1 aromatic carbocycles. The number of aryl methyl sites for hydroxylation is 1. The highest BCUT2D eigenvalue weighted by Gasteiger charge is 2.23. The minimum Gasteiger partial charge on any atom is -0.343 e. The van der Waals surface area contributed by atoms with Crippen LogP contribution in [0.15, 0.2) is 29.2 Å². The number of hydrogen-bond donors (Lipinski definition) is 2. The van der Waals surface area contributed by atoms with Gasteiger partial charge in [0.25, 0.3) is 5.91 Å². The third-order valence-corrected chi connectivity index (χ3v) is 6.17. The topological polar surface area (TPSA) is 116 Å². The first-order valence-electron chi connectivity index (χ1n) is 9.50. The van der Waals surface area contributed by atoms with Crippen molar-refractivity contribution in [1.82, 2.24) is 20.1 Å². The van der Waals surface area contributed by atoms with Gasteiger partial charge in [-0.25, -0.2) is 8.42 Å². The van der Waals surface area contributed by atoms with Gasteiger partial charge in [-0.05, 0) is 39.3 Å². The van der Waals surface area contributed by atoms with Crippen LogP contribution in [-0.4, -0.2) is 62.0 Å². The van der Waals surface area contributed by atoms with Crippen LogP contribution in [0.3, 0.4) is 0 Å². The highest BCUT2D eigenvalue weighted by molar-refractivity contribution is 7.89. The molecule has 0 aliphatic rings. The van der Waals surface area contributed by atoms with Crippen LogP contribution in [0.2, 0.25) is 0 Å². The molecule has 10 heteroatoms.